The molecule has 1 unspecified atom stereocenters. The van der Waals surface area contributed by atoms with Crippen molar-refractivity contribution in [2.24, 2.45) is 5.73 Å². The third-order valence-electron chi connectivity index (χ3n) is 3.68. The molecule has 0 aliphatic carbocycles. The molecule has 1 atom stereocenters. The van der Waals surface area contributed by atoms with Crippen LogP contribution >= 0.6 is 0 Å². The maximum absolute atomic E-state index is 6.00. The summed E-state index contributed by atoms with van der Waals surface area (Å²) in [5.41, 5.74) is 11.7. The smallest absolute Gasteiger partial charge is 0.0586 e. The summed E-state index contributed by atoms with van der Waals surface area (Å²) in [6.07, 6.45) is 1.01. The zero-order chi connectivity index (χ0) is 12.6. The van der Waals surface area contributed by atoms with Crippen molar-refractivity contribution < 1.29 is 4.74 Å². The van der Waals surface area contributed by atoms with E-state index in [9.17, 15) is 0 Å². The van der Waals surface area contributed by atoms with Crippen molar-refractivity contribution in [3.8, 4) is 0 Å². The molecule has 1 aliphatic heterocycles. The van der Waals surface area contributed by atoms with Crippen LogP contribution in [0.25, 0.3) is 0 Å². The summed E-state index contributed by atoms with van der Waals surface area (Å²) in [4.78, 5) is 0. The molecule has 1 aromatic carbocycles. The minimum absolute atomic E-state index is 0.163. The number of ether oxygens (including phenoxy) is 1. The van der Waals surface area contributed by atoms with E-state index in [1.54, 1.807) is 0 Å². The standard InChI is InChI=1S/C15H23NO/c1-10-5-11(2)14(12(3)6-10)15(7-13(4)16)8-17-9-15/h5-6,13H,7-9,16H2,1-4H3. The highest BCUT2D eigenvalue weighted by molar-refractivity contribution is 5.44. The van der Waals surface area contributed by atoms with Crippen molar-refractivity contribution in [3.05, 3.63) is 34.4 Å². The second kappa shape index (κ2) is 4.43. The van der Waals surface area contributed by atoms with Gasteiger partial charge in [0.25, 0.3) is 0 Å². The van der Waals surface area contributed by atoms with Crippen LogP contribution in [0.15, 0.2) is 12.1 Å². The van der Waals surface area contributed by atoms with E-state index in [2.05, 4.69) is 39.8 Å². The first-order chi connectivity index (χ1) is 7.94. The first kappa shape index (κ1) is 12.6. The van der Waals surface area contributed by atoms with Crippen LogP contribution in [0, 0.1) is 20.8 Å². The van der Waals surface area contributed by atoms with Crippen molar-refractivity contribution in [2.45, 2.75) is 45.6 Å². The van der Waals surface area contributed by atoms with E-state index in [0.29, 0.717) is 0 Å². The molecule has 17 heavy (non-hydrogen) atoms. The zero-order valence-corrected chi connectivity index (χ0v) is 11.3. The van der Waals surface area contributed by atoms with E-state index in [1.807, 2.05) is 0 Å². The number of aryl methyl sites for hydroxylation is 3. The average molecular weight is 233 g/mol. The lowest BCUT2D eigenvalue weighted by molar-refractivity contribution is -0.0671. The van der Waals surface area contributed by atoms with E-state index in [1.165, 1.54) is 22.3 Å². The molecule has 0 bridgehead atoms. The van der Waals surface area contributed by atoms with E-state index in [4.69, 9.17) is 10.5 Å². The molecular formula is C15H23NO. The van der Waals surface area contributed by atoms with Gasteiger partial charge in [0, 0.05) is 11.5 Å². The van der Waals surface area contributed by atoms with Crippen LogP contribution in [-0.4, -0.2) is 19.3 Å². The molecule has 0 amide bonds. The van der Waals surface area contributed by atoms with Gasteiger partial charge in [-0.05, 0) is 50.8 Å². The fourth-order valence-corrected chi connectivity index (χ4v) is 3.35. The molecule has 1 saturated heterocycles. The molecule has 0 saturated carbocycles. The van der Waals surface area contributed by atoms with Crippen LogP contribution in [0.4, 0.5) is 0 Å². The molecule has 1 aliphatic rings. The van der Waals surface area contributed by atoms with Crippen molar-refractivity contribution in [1.82, 2.24) is 0 Å². The van der Waals surface area contributed by atoms with Gasteiger partial charge in [-0.3, -0.25) is 0 Å². The Morgan fingerprint density at radius 2 is 1.76 bits per heavy atom. The summed E-state index contributed by atoms with van der Waals surface area (Å²) < 4.78 is 5.48. The van der Waals surface area contributed by atoms with Crippen LogP contribution in [0.5, 0.6) is 0 Å². The van der Waals surface area contributed by atoms with Gasteiger partial charge in [0.05, 0.1) is 13.2 Å². The van der Waals surface area contributed by atoms with Crippen LogP contribution in [0.3, 0.4) is 0 Å². The topological polar surface area (TPSA) is 35.2 Å². The number of benzene rings is 1. The maximum Gasteiger partial charge on any atom is 0.0586 e. The van der Waals surface area contributed by atoms with Crippen molar-refractivity contribution in [1.29, 1.82) is 0 Å². The van der Waals surface area contributed by atoms with Crippen molar-refractivity contribution in [3.63, 3.8) is 0 Å². The molecular weight excluding hydrogens is 210 g/mol. The molecule has 2 rings (SSSR count). The summed E-state index contributed by atoms with van der Waals surface area (Å²) >= 11 is 0. The lowest BCUT2D eigenvalue weighted by Gasteiger charge is -2.45. The van der Waals surface area contributed by atoms with Gasteiger partial charge in [-0.2, -0.15) is 0 Å². The highest BCUT2D eigenvalue weighted by Crippen LogP contribution is 2.40. The lowest BCUT2D eigenvalue weighted by Crippen LogP contribution is -2.50. The van der Waals surface area contributed by atoms with Crippen LogP contribution in [0.1, 0.15) is 35.6 Å². The van der Waals surface area contributed by atoms with E-state index < -0.39 is 0 Å². The van der Waals surface area contributed by atoms with E-state index >= 15 is 0 Å². The first-order valence-electron chi connectivity index (χ1n) is 6.36. The summed E-state index contributed by atoms with van der Waals surface area (Å²) in [6.45, 7) is 10.3. The molecule has 0 spiro atoms. The number of rotatable bonds is 3. The van der Waals surface area contributed by atoms with Gasteiger partial charge in [0.2, 0.25) is 0 Å². The minimum Gasteiger partial charge on any atom is -0.379 e. The number of nitrogens with two attached hydrogens (primary N) is 1. The molecule has 1 aromatic rings. The summed E-state index contributed by atoms with van der Waals surface area (Å²) in [7, 11) is 0. The van der Waals surface area contributed by atoms with Gasteiger partial charge < -0.3 is 10.5 Å². The van der Waals surface area contributed by atoms with Gasteiger partial charge in [-0.1, -0.05) is 17.7 Å². The minimum atomic E-state index is 0.163. The van der Waals surface area contributed by atoms with Crippen molar-refractivity contribution >= 4 is 0 Å². The molecule has 94 valence electrons. The van der Waals surface area contributed by atoms with Crippen LogP contribution in [-0.2, 0) is 10.2 Å². The third kappa shape index (κ3) is 2.24. The quantitative estimate of drug-likeness (QED) is 0.871. The fourth-order valence-electron chi connectivity index (χ4n) is 3.35. The van der Waals surface area contributed by atoms with E-state index in [0.717, 1.165) is 19.6 Å². The highest BCUT2D eigenvalue weighted by atomic mass is 16.5. The molecule has 2 heteroatoms. The number of hydrogen-bond donors (Lipinski definition) is 1. The maximum atomic E-state index is 6.00. The average Bonchev–Trinajstić information content (AvgIpc) is 2.11. The Kier molecular flexibility index (Phi) is 3.28. The summed E-state index contributed by atoms with van der Waals surface area (Å²) in [6, 6.07) is 4.76. The zero-order valence-electron chi connectivity index (χ0n) is 11.3. The Labute approximate surface area is 104 Å². The molecule has 2 N–H and O–H groups in total. The Bertz CT molecular complexity index is 396. The molecule has 2 nitrogen and oxygen atoms in total. The molecule has 1 fully saturated rings. The van der Waals surface area contributed by atoms with Gasteiger partial charge in [0.15, 0.2) is 0 Å². The van der Waals surface area contributed by atoms with Crippen LogP contribution in [0.2, 0.25) is 0 Å². The SMILES string of the molecule is Cc1cc(C)c(C2(CC(C)N)COC2)c(C)c1. The summed E-state index contributed by atoms with van der Waals surface area (Å²) in [5, 5.41) is 0. The fraction of sp³-hybridized carbons (Fsp3) is 0.600. The Balaban J connectivity index is 2.44. The van der Waals surface area contributed by atoms with Gasteiger partial charge in [-0.25, -0.2) is 0 Å². The lowest BCUT2D eigenvalue weighted by atomic mass is 9.70. The second-order valence-electron chi connectivity index (χ2n) is 5.73. The number of hydrogen-bond acceptors (Lipinski definition) is 2. The van der Waals surface area contributed by atoms with Crippen LogP contribution < -0.4 is 5.73 Å². The Morgan fingerprint density at radius 3 is 2.12 bits per heavy atom. The second-order valence-corrected chi connectivity index (χ2v) is 5.73. The van der Waals surface area contributed by atoms with Crippen molar-refractivity contribution in [2.75, 3.05) is 13.2 Å². The highest BCUT2D eigenvalue weighted by Gasteiger charge is 2.42. The van der Waals surface area contributed by atoms with E-state index in [-0.39, 0.29) is 11.5 Å². The Hall–Kier alpha value is -0.860. The van der Waals surface area contributed by atoms with Gasteiger partial charge >= 0.3 is 0 Å². The predicted molar refractivity (Wildman–Crippen MR) is 71.4 cm³/mol. The monoisotopic (exact) mass is 233 g/mol. The normalized spacial score (nSPS) is 19.8. The largest absolute Gasteiger partial charge is 0.379 e. The van der Waals surface area contributed by atoms with Gasteiger partial charge in [0.1, 0.15) is 0 Å². The molecule has 1 heterocycles. The predicted octanol–water partition coefficient (Wildman–Crippen LogP) is 2.62. The molecule has 0 radical (unpaired) electrons. The van der Waals surface area contributed by atoms with Gasteiger partial charge in [-0.15, -0.1) is 0 Å². The first-order valence-corrected chi connectivity index (χ1v) is 6.36. The Morgan fingerprint density at radius 1 is 1.24 bits per heavy atom. The summed E-state index contributed by atoms with van der Waals surface area (Å²) in [5.74, 6) is 0. The molecule has 0 aromatic heterocycles. The third-order valence-corrected chi connectivity index (χ3v) is 3.68.